The van der Waals surface area contributed by atoms with Crippen LogP contribution in [-0.4, -0.2) is 31.7 Å². The molecule has 2 aromatic heterocycles. The van der Waals surface area contributed by atoms with Gasteiger partial charge in [0, 0.05) is 29.9 Å². The van der Waals surface area contributed by atoms with E-state index in [-0.39, 0.29) is 34.4 Å². The minimum atomic E-state index is -2.83. The summed E-state index contributed by atoms with van der Waals surface area (Å²) in [5.74, 6) is -0.203. The van der Waals surface area contributed by atoms with Gasteiger partial charge < -0.3 is 5.32 Å². The lowest BCUT2D eigenvalue weighted by atomic mass is 9.87. The standard InChI is InChI=1S/C20H20F3N5O/c1-11-2-5-14(6-3-11)26-19(29)12-9-24-20(25-10-12)28-16-8-13(21)4-7-15(16)17(27-28)18(22)23/h4,7-11,14,18H,2-3,5-6H2,1H3,(H,26,29). The molecule has 9 heteroatoms. The first-order chi connectivity index (χ1) is 13.9. The van der Waals surface area contributed by atoms with Crippen LogP contribution in [0.4, 0.5) is 13.2 Å². The quantitative estimate of drug-likeness (QED) is 0.709. The van der Waals surface area contributed by atoms with Crippen LogP contribution < -0.4 is 5.32 Å². The summed E-state index contributed by atoms with van der Waals surface area (Å²) in [4.78, 5) is 20.6. The van der Waals surface area contributed by atoms with E-state index >= 15 is 0 Å². The average molecular weight is 403 g/mol. The Morgan fingerprint density at radius 2 is 1.86 bits per heavy atom. The van der Waals surface area contributed by atoms with Crippen LogP contribution in [0.2, 0.25) is 0 Å². The Balaban J connectivity index is 1.58. The van der Waals surface area contributed by atoms with Crippen molar-refractivity contribution in [3.05, 3.63) is 47.7 Å². The molecular weight excluding hydrogens is 383 g/mol. The summed E-state index contributed by atoms with van der Waals surface area (Å²) in [6.45, 7) is 2.20. The fourth-order valence-corrected chi connectivity index (χ4v) is 3.65. The van der Waals surface area contributed by atoms with E-state index < -0.39 is 17.9 Å². The molecule has 29 heavy (non-hydrogen) atoms. The molecule has 1 fully saturated rings. The number of rotatable bonds is 4. The molecule has 6 nitrogen and oxygen atoms in total. The van der Waals surface area contributed by atoms with Gasteiger partial charge in [0.15, 0.2) is 0 Å². The van der Waals surface area contributed by atoms with Crippen molar-refractivity contribution in [2.45, 2.75) is 45.1 Å². The van der Waals surface area contributed by atoms with Crippen LogP contribution in [-0.2, 0) is 0 Å². The predicted molar refractivity (Wildman–Crippen MR) is 100 cm³/mol. The number of aromatic nitrogens is 4. The Labute approximate surface area is 165 Å². The van der Waals surface area contributed by atoms with Crippen LogP contribution in [0.15, 0.2) is 30.6 Å². The second kappa shape index (κ2) is 7.81. The maximum Gasteiger partial charge on any atom is 0.282 e. The predicted octanol–water partition coefficient (Wildman–Crippen LogP) is 4.20. The SMILES string of the molecule is CC1CCC(NC(=O)c2cnc(-n3nc(C(F)F)c4ccc(F)cc43)nc2)CC1. The minimum absolute atomic E-state index is 0.0180. The number of alkyl halides is 2. The second-order valence-corrected chi connectivity index (χ2v) is 7.46. The van der Waals surface area contributed by atoms with E-state index in [1.807, 2.05) is 0 Å². The largest absolute Gasteiger partial charge is 0.349 e. The van der Waals surface area contributed by atoms with Crippen molar-refractivity contribution in [1.82, 2.24) is 25.1 Å². The van der Waals surface area contributed by atoms with Crippen LogP contribution in [0.25, 0.3) is 16.9 Å². The summed E-state index contributed by atoms with van der Waals surface area (Å²) in [7, 11) is 0. The minimum Gasteiger partial charge on any atom is -0.349 e. The third-order valence-electron chi connectivity index (χ3n) is 5.32. The maximum atomic E-state index is 13.6. The van der Waals surface area contributed by atoms with Crippen molar-refractivity contribution in [2.75, 3.05) is 0 Å². The first kappa shape index (κ1) is 19.4. The molecule has 4 rings (SSSR count). The molecule has 0 atom stereocenters. The lowest BCUT2D eigenvalue weighted by Crippen LogP contribution is -2.37. The van der Waals surface area contributed by atoms with Gasteiger partial charge in [-0.2, -0.15) is 9.78 Å². The van der Waals surface area contributed by atoms with Crippen molar-refractivity contribution >= 4 is 16.8 Å². The third kappa shape index (κ3) is 3.94. The van der Waals surface area contributed by atoms with Gasteiger partial charge in [-0.25, -0.2) is 23.1 Å². The Morgan fingerprint density at radius 3 is 2.52 bits per heavy atom. The van der Waals surface area contributed by atoms with Gasteiger partial charge in [-0.05, 0) is 43.7 Å². The molecule has 2 heterocycles. The zero-order valence-electron chi connectivity index (χ0n) is 15.8. The zero-order valence-corrected chi connectivity index (χ0v) is 15.8. The molecule has 1 aromatic carbocycles. The first-order valence-corrected chi connectivity index (χ1v) is 9.52. The van der Waals surface area contributed by atoms with E-state index in [4.69, 9.17) is 0 Å². The highest BCUT2D eigenvalue weighted by atomic mass is 19.3. The van der Waals surface area contributed by atoms with Gasteiger partial charge in [-0.3, -0.25) is 4.79 Å². The van der Waals surface area contributed by atoms with E-state index in [1.54, 1.807) is 0 Å². The molecule has 0 saturated heterocycles. The number of carbonyl (C=O) groups is 1. The lowest BCUT2D eigenvalue weighted by Gasteiger charge is -2.26. The van der Waals surface area contributed by atoms with E-state index in [0.29, 0.717) is 5.92 Å². The molecular formula is C20H20F3N5O. The van der Waals surface area contributed by atoms with Crippen LogP contribution in [0, 0.1) is 11.7 Å². The number of fused-ring (bicyclic) bond motifs is 1. The molecule has 0 spiro atoms. The highest BCUT2D eigenvalue weighted by Crippen LogP contribution is 2.29. The Morgan fingerprint density at radius 1 is 1.17 bits per heavy atom. The number of amides is 1. The normalized spacial score (nSPS) is 19.6. The topological polar surface area (TPSA) is 72.7 Å². The first-order valence-electron chi connectivity index (χ1n) is 9.52. The summed E-state index contributed by atoms with van der Waals surface area (Å²) in [5.41, 5.74) is -0.0742. The number of nitrogens with zero attached hydrogens (tertiary/aromatic N) is 4. The zero-order chi connectivity index (χ0) is 20.5. The molecule has 3 aromatic rings. The molecule has 1 aliphatic rings. The van der Waals surface area contributed by atoms with E-state index in [1.165, 1.54) is 18.5 Å². The maximum absolute atomic E-state index is 13.6. The van der Waals surface area contributed by atoms with Gasteiger partial charge in [-0.15, -0.1) is 0 Å². The smallest absolute Gasteiger partial charge is 0.282 e. The fourth-order valence-electron chi connectivity index (χ4n) is 3.65. The molecule has 0 bridgehead atoms. The van der Waals surface area contributed by atoms with Crippen LogP contribution >= 0.6 is 0 Å². The van der Waals surface area contributed by atoms with Gasteiger partial charge in [0.1, 0.15) is 11.5 Å². The van der Waals surface area contributed by atoms with Gasteiger partial charge >= 0.3 is 0 Å². The summed E-state index contributed by atoms with van der Waals surface area (Å²) in [6.07, 6.45) is 3.84. The molecule has 0 aliphatic heterocycles. The summed E-state index contributed by atoms with van der Waals surface area (Å²) >= 11 is 0. The third-order valence-corrected chi connectivity index (χ3v) is 5.32. The molecule has 1 amide bonds. The molecule has 1 aliphatic carbocycles. The van der Waals surface area contributed by atoms with Crippen molar-refractivity contribution in [1.29, 1.82) is 0 Å². The van der Waals surface area contributed by atoms with Gasteiger partial charge in [-0.1, -0.05) is 6.92 Å². The molecule has 1 saturated carbocycles. The molecule has 1 N–H and O–H groups in total. The van der Waals surface area contributed by atoms with Crippen molar-refractivity contribution in [3.63, 3.8) is 0 Å². The van der Waals surface area contributed by atoms with Crippen molar-refractivity contribution < 1.29 is 18.0 Å². The summed E-state index contributed by atoms with van der Waals surface area (Å²) in [5, 5.41) is 6.95. The molecule has 152 valence electrons. The number of hydrogen-bond donors (Lipinski definition) is 1. The van der Waals surface area contributed by atoms with Crippen molar-refractivity contribution in [3.8, 4) is 5.95 Å². The highest BCUT2D eigenvalue weighted by molar-refractivity contribution is 5.93. The Bertz CT molecular complexity index is 1030. The molecule has 0 radical (unpaired) electrons. The van der Waals surface area contributed by atoms with Crippen LogP contribution in [0.1, 0.15) is 55.1 Å². The van der Waals surface area contributed by atoms with E-state index in [9.17, 15) is 18.0 Å². The second-order valence-electron chi connectivity index (χ2n) is 7.46. The lowest BCUT2D eigenvalue weighted by molar-refractivity contribution is 0.0922. The molecule has 0 unspecified atom stereocenters. The van der Waals surface area contributed by atoms with Gasteiger partial charge in [0.2, 0.25) is 0 Å². The van der Waals surface area contributed by atoms with Gasteiger partial charge in [0.05, 0.1) is 11.1 Å². The summed E-state index contributed by atoms with van der Waals surface area (Å²) < 4.78 is 41.3. The Kier molecular flexibility index (Phi) is 5.21. The average Bonchev–Trinajstić information content (AvgIpc) is 3.09. The van der Waals surface area contributed by atoms with Crippen LogP contribution in [0.5, 0.6) is 0 Å². The van der Waals surface area contributed by atoms with E-state index in [2.05, 4.69) is 27.3 Å². The monoisotopic (exact) mass is 403 g/mol. The number of nitrogens with one attached hydrogen (secondary N) is 1. The highest BCUT2D eigenvalue weighted by Gasteiger charge is 2.22. The Hall–Kier alpha value is -2.97. The van der Waals surface area contributed by atoms with Gasteiger partial charge in [0.25, 0.3) is 18.3 Å². The number of carbonyl (C=O) groups excluding carboxylic acids is 1. The number of hydrogen-bond acceptors (Lipinski definition) is 4. The number of halogens is 3. The summed E-state index contributed by atoms with van der Waals surface area (Å²) in [6, 6.07) is 3.58. The number of benzene rings is 1. The fraction of sp³-hybridized carbons (Fsp3) is 0.400. The van der Waals surface area contributed by atoms with Crippen molar-refractivity contribution in [2.24, 2.45) is 5.92 Å². The van der Waals surface area contributed by atoms with Crippen LogP contribution in [0.3, 0.4) is 0 Å². The van der Waals surface area contributed by atoms with E-state index in [0.717, 1.165) is 42.5 Å².